The molecule has 17 rings (SSSR count). The monoisotopic (exact) mass is 1530 g/mol. The Morgan fingerprint density at radius 2 is 0.623 bits per heavy atom. The summed E-state index contributed by atoms with van der Waals surface area (Å²) in [6.07, 6.45) is 0.540. The van der Waals surface area contributed by atoms with E-state index in [1.807, 2.05) is 161 Å². The first kappa shape index (κ1) is 75.5. The van der Waals surface area contributed by atoms with Gasteiger partial charge in [0.25, 0.3) is 35.4 Å². The Kier molecular flexibility index (Phi) is 21.0. The molecule has 0 aromatic heterocycles. The van der Waals surface area contributed by atoms with E-state index in [4.69, 9.17) is 47.4 Å². The summed E-state index contributed by atoms with van der Waals surface area (Å²) in [5, 5.41) is 2.16. The summed E-state index contributed by atoms with van der Waals surface area (Å²) in [6.45, 7) is 21.8. The molecule has 6 aliphatic heterocycles. The maximum atomic E-state index is 16.7. The lowest BCUT2D eigenvalue weighted by molar-refractivity contribution is -0.125. The molecule has 0 aliphatic carbocycles. The standard InChI is InChI=1S/C92H90N6O16/c1-53(2)85(91(103)95(59-15-11-9-12-16-59)51-105-37-35-93(43-65-47-107-65)44-66-48-108-66)97-87(99)69-39-73(111-61-27-19-55(5)20-28-61)79-81-75(113-63-31-23-57(7)24-32-63)41-71-78-72(90(102)98(89(71)101)86(54(3)4)92(104)96(60-17-13-10-14-18-60)52-106-38-36-94(45-67-49-109-67)46-68-50-110-68)42-76(114-64-33-25-58(8)26-34-64)82(84(78)81)80-74(112-62-29-21-56(6)22-30-62)40-70(88(97)100)77(69)83(79)80/h9-34,39-42,53-54,65-68,85-86H,35-38,43-52H2,1-8H3. The highest BCUT2D eigenvalue weighted by Gasteiger charge is 2.49. The van der Waals surface area contributed by atoms with Gasteiger partial charge in [-0.25, -0.2) is 0 Å². The van der Waals surface area contributed by atoms with Crippen molar-refractivity contribution >= 4 is 89.9 Å². The van der Waals surface area contributed by atoms with E-state index in [0.29, 0.717) is 132 Å². The zero-order chi connectivity index (χ0) is 78.7. The van der Waals surface area contributed by atoms with Crippen LogP contribution in [0.25, 0.3) is 43.1 Å². The molecule has 6 atom stereocenters. The molecule has 0 saturated carbocycles. The largest absolute Gasteiger partial charge is 0.457 e. The van der Waals surface area contributed by atoms with Crippen LogP contribution in [-0.4, -0.2) is 184 Å². The molecule has 11 aromatic carbocycles. The number of aryl methyl sites for hydroxylation is 4. The highest BCUT2D eigenvalue weighted by molar-refractivity contribution is 6.45. The van der Waals surface area contributed by atoms with Crippen molar-refractivity contribution in [2.24, 2.45) is 11.8 Å². The van der Waals surface area contributed by atoms with E-state index < -0.39 is 59.4 Å². The average molecular weight is 1540 g/mol. The van der Waals surface area contributed by atoms with Crippen LogP contribution in [0, 0.1) is 39.5 Å². The Labute approximate surface area is 660 Å². The lowest BCUT2D eigenvalue weighted by atomic mass is 9.80. The molecule has 4 fully saturated rings. The Morgan fingerprint density at radius 1 is 0.368 bits per heavy atom. The van der Waals surface area contributed by atoms with Crippen LogP contribution in [0.15, 0.2) is 182 Å². The molecule has 0 bridgehead atoms. The smallest absolute Gasteiger partial charge is 0.262 e. The highest BCUT2D eigenvalue weighted by Crippen LogP contribution is 2.58. The number of anilines is 2. The molecule has 22 nitrogen and oxygen atoms in total. The predicted molar refractivity (Wildman–Crippen MR) is 432 cm³/mol. The van der Waals surface area contributed by atoms with Crippen LogP contribution in [0.4, 0.5) is 11.4 Å². The summed E-state index contributed by atoms with van der Waals surface area (Å²) in [4.78, 5) is 109. The Balaban J connectivity index is 0.877. The molecule has 114 heavy (non-hydrogen) atoms. The van der Waals surface area contributed by atoms with E-state index in [0.717, 1.165) is 32.1 Å². The molecule has 11 aromatic rings. The molecule has 0 N–H and O–H groups in total. The van der Waals surface area contributed by atoms with Gasteiger partial charge in [-0.1, -0.05) is 135 Å². The van der Waals surface area contributed by atoms with E-state index in [-0.39, 0.29) is 107 Å². The van der Waals surface area contributed by atoms with Crippen molar-refractivity contribution in [1.29, 1.82) is 0 Å². The number of fused-ring (bicyclic) bond motifs is 2. The van der Waals surface area contributed by atoms with Crippen LogP contribution in [0.3, 0.4) is 0 Å². The van der Waals surface area contributed by atoms with Crippen molar-refractivity contribution in [2.45, 2.75) is 91.9 Å². The molecule has 584 valence electrons. The van der Waals surface area contributed by atoms with E-state index in [9.17, 15) is 0 Å². The first-order valence-electron chi connectivity index (χ1n) is 39.2. The fourth-order valence-electron chi connectivity index (χ4n) is 15.8. The van der Waals surface area contributed by atoms with Gasteiger partial charge in [-0.05, 0) is 137 Å². The van der Waals surface area contributed by atoms with Gasteiger partial charge in [0, 0.05) is 93.7 Å². The highest BCUT2D eigenvalue weighted by atomic mass is 16.6. The molecule has 6 aliphatic rings. The Bertz CT molecular complexity index is 4910. The Morgan fingerprint density at radius 3 is 0.860 bits per heavy atom. The summed E-state index contributed by atoms with van der Waals surface area (Å²) in [5.41, 5.74) is 4.77. The van der Waals surface area contributed by atoms with Crippen LogP contribution in [0.2, 0.25) is 0 Å². The van der Waals surface area contributed by atoms with Crippen LogP contribution < -0.4 is 28.7 Å². The lowest BCUT2D eigenvalue weighted by Crippen LogP contribution is -2.57. The summed E-state index contributed by atoms with van der Waals surface area (Å²) in [5.74, 6) is -3.83. The number of carbonyl (C=O) groups is 6. The lowest BCUT2D eigenvalue weighted by Gasteiger charge is -2.39. The quantitative estimate of drug-likeness (QED) is 0.00912. The van der Waals surface area contributed by atoms with Crippen molar-refractivity contribution in [3.63, 3.8) is 0 Å². The summed E-state index contributed by atoms with van der Waals surface area (Å²) >= 11 is 0. The molecular weight excluding hydrogens is 1450 g/mol. The van der Waals surface area contributed by atoms with Gasteiger partial charge in [-0.2, -0.15) is 0 Å². The van der Waals surface area contributed by atoms with Gasteiger partial charge < -0.3 is 47.4 Å². The molecule has 4 saturated heterocycles. The minimum absolute atomic E-state index is 0.0136. The van der Waals surface area contributed by atoms with Crippen molar-refractivity contribution in [1.82, 2.24) is 19.6 Å². The van der Waals surface area contributed by atoms with Gasteiger partial charge in [0.05, 0.1) is 86.3 Å². The number of ether oxygens (including phenoxy) is 10. The number of rotatable bonds is 34. The summed E-state index contributed by atoms with van der Waals surface area (Å²) < 4.78 is 64.5. The number of hydrogen-bond donors (Lipinski definition) is 0. The zero-order valence-corrected chi connectivity index (χ0v) is 65.1. The van der Waals surface area contributed by atoms with Gasteiger partial charge in [0.15, 0.2) is 0 Å². The van der Waals surface area contributed by atoms with Crippen molar-refractivity contribution in [3.05, 3.63) is 226 Å². The first-order valence-corrected chi connectivity index (χ1v) is 39.2. The van der Waals surface area contributed by atoms with Crippen molar-refractivity contribution in [3.8, 4) is 46.0 Å². The zero-order valence-electron chi connectivity index (χ0n) is 65.1. The predicted octanol–water partition coefficient (Wildman–Crippen LogP) is 15.6. The fraction of sp³-hybridized carbons (Fsp3) is 0.326. The fourth-order valence-corrected chi connectivity index (χ4v) is 15.8. The molecule has 22 heteroatoms. The second kappa shape index (κ2) is 31.7. The van der Waals surface area contributed by atoms with Crippen LogP contribution in [-0.2, 0) is 38.0 Å². The molecular formula is C92H90N6O16. The van der Waals surface area contributed by atoms with Gasteiger partial charge in [-0.15, -0.1) is 0 Å². The number of imide groups is 2. The average Bonchev–Trinajstić information content (AvgIpc) is 0.944. The molecule has 6 amide bonds. The number of epoxide rings is 4. The second-order valence-corrected chi connectivity index (χ2v) is 31.3. The third kappa shape index (κ3) is 15.5. The molecule has 0 spiro atoms. The number of carbonyl (C=O) groups excluding carboxylic acids is 6. The molecule has 0 radical (unpaired) electrons. The van der Waals surface area contributed by atoms with Gasteiger partial charge >= 0.3 is 0 Å². The van der Waals surface area contributed by atoms with Gasteiger partial charge in [0.1, 0.15) is 71.5 Å². The topological polar surface area (TPSA) is 227 Å². The number of benzene rings is 11. The first-order chi connectivity index (χ1) is 55.3. The number of hydrogen-bond acceptors (Lipinski definition) is 18. The maximum absolute atomic E-state index is 16.7. The SMILES string of the molecule is Cc1ccc(Oc2cc3c4c(cc(Oc5ccc(C)cc5)c5c6c(Oc7ccc(C)cc7)cc7c8c(cc(Oc9ccc(C)cc9)c(c2c45)c86)C(=O)N(C(C(=O)N(COCCN(CC2CO2)CC2CO2)c2ccccc2)C(C)C)C7=O)C(=O)N(C(C(=O)N(COCCN(CC2CO2)CC2CO2)c2ccccc2)C(C)C)C3=O)cc1. The Hall–Kier alpha value is -11.2. The van der Waals surface area contributed by atoms with Crippen LogP contribution >= 0.6 is 0 Å². The van der Waals surface area contributed by atoms with Crippen molar-refractivity contribution in [2.75, 3.05) is 102 Å². The normalized spacial score (nSPS) is 18.0. The minimum Gasteiger partial charge on any atom is -0.457 e. The van der Waals surface area contributed by atoms with Gasteiger partial charge in [-0.3, -0.25) is 58.2 Å². The molecule has 6 heterocycles. The number of para-hydroxylation sites is 2. The van der Waals surface area contributed by atoms with Crippen LogP contribution in [0.5, 0.6) is 46.0 Å². The van der Waals surface area contributed by atoms with E-state index in [1.165, 1.54) is 9.80 Å². The summed E-state index contributed by atoms with van der Waals surface area (Å²) in [7, 11) is 0. The van der Waals surface area contributed by atoms with Crippen molar-refractivity contribution < 1.29 is 76.1 Å². The minimum atomic E-state index is -1.43. The molecule has 6 unspecified atom stereocenters. The number of nitrogens with zero attached hydrogens (tertiary/aromatic N) is 6. The van der Waals surface area contributed by atoms with Crippen LogP contribution in [0.1, 0.15) is 91.4 Å². The van der Waals surface area contributed by atoms with E-state index in [2.05, 4.69) is 9.80 Å². The van der Waals surface area contributed by atoms with Gasteiger partial charge in [0.2, 0.25) is 0 Å². The van der Waals surface area contributed by atoms with E-state index in [1.54, 1.807) is 76.2 Å². The third-order valence-electron chi connectivity index (χ3n) is 22.0. The summed E-state index contributed by atoms with van der Waals surface area (Å²) in [6, 6.07) is 51.4. The maximum Gasteiger partial charge on any atom is 0.262 e. The third-order valence-corrected chi connectivity index (χ3v) is 22.0. The second-order valence-electron chi connectivity index (χ2n) is 31.3. The van der Waals surface area contributed by atoms with E-state index >= 15 is 28.8 Å². The number of amides is 6.